The third-order valence-electron chi connectivity index (χ3n) is 2.25. The summed E-state index contributed by atoms with van der Waals surface area (Å²) >= 11 is 3.43. The zero-order valence-corrected chi connectivity index (χ0v) is 10.7. The maximum absolute atomic E-state index is 4.33. The van der Waals surface area contributed by atoms with Crippen LogP contribution in [0.2, 0.25) is 0 Å². The van der Waals surface area contributed by atoms with E-state index in [9.17, 15) is 0 Å². The fourth-order valence-corrected chi connectivity index (χ4v) is 1.62. The van der Waals surface area contributed by atoms with Gasteiger partial charge in [-0.3, -0.25) is 0 Å². The predicted molar refractivity (Wildman–Crippen MR) is 71.0 cm³/mol. The van der Waals surface area contributed by atoms with Crippen LogP contribution in [0, 0.1) is 0 Å². The second-order valence-electron chi connectivity index (χ2n) is 3.68. The van der Waals surface area contributed by atoms with Gasteiger partial charge in [-0.05, 0) is 19.1 Å². The Morgan fingerprint density at radius 1 is 1.38 bits per heavy atom. The minimum absolute atomic E-state index is 0.892. The molecule has 0 N–H and O–H groups in total. The first kappa shape index (κ1) is 11.1. The van der Waals surface area contributed by atoms with E-state index in [4.69, 9.17) is 0 Å². The van der Waals surface area contributed by atoms with Crippen LogP contribution in [0.4, 0.5) is 0 Å². The number of rotatable bonds is 3. The molecule has 0 aliphatic heterocycles. The first-order valence-corrected chi connectivity index (χ1v) is 6.25. The molecule has 1 heterocycles. The first-order chi connectivity index (χ1) is 7.79. The average Bonchev–Trinajstić information content (AvgIpc) is 2.78. The molecule has 0 fully saturated rings. The topological polar surface area (TPSA) is 17.8 Å². The number of allylic oxidation sites excluding steroid dienone is 1. The Morgan fingerprint density at radius 3 is 2.81 bits per heavy atom. The van der Waals surface area contributed by atoms with Gasteiger partial charge in [0.15, 0.2) is 0 Å². The van der Waals surface area contributed by atoms with E-state index in [0.29, 0.717) is 0 Å². The van der Waals surface area contributed by atoms with Crippen molar-refractivity contribution in [1.29, 1.82) is 0 Å². The number of hydrogen-bond donors (Lipinski definition) is 0. The summed E-state index contributed by atoms with van der Waals surface area (Å²) < 4.78 is 1.88. The van der Waals surface area contributed by atoms with Crippen molar-refractivity contribution in [1.82, 2.24) is 9.78 Å². The van der Waals surface area contributed by atoms with Crippen LogP contribution in [0.5, 0.6) is 0 Å². The standard InChI is InChI=1S/C13H13BrN2/c1-11(8-14)7-12-9-15-16(10-12)13-5-3-2-4-6-13/h2-7,9-10H,8H2,1H3. The second-order valence-corrected chi connectivity index (χ2v) is 4.24. The lowest BCUT2D eigenvalue weighted by atomic mass is 10.2. The van der Waals surface area contributed by atoms with Crippen molar-refractivity contribution < 1.29 is 0 Å². The van der Waals surface area contributed by atoms with E-state index in [1.807, 2.05) is 47.4 Å². The van der Waals surface area contributed by atoms with Gasteiger partial charge >= 0.3 is 0 Å². The van der Waals surface area contributed by atoms with E-state index < -0.39 is 0 Å². The van der Waals surface area contributed by atoms with Crippen molar-refractivity contribution in [3.63, 3.8) is 0 Å². The maximum atomic E-state index is 4.33. The number of aromatic nitrogens is 2. The van der Waals surface area contributed by atoms with Gasteiger partial charge in [-0.2, -0.15) is 5.10 Å². The highest BCUT2D eigenvalue weighted by molar-refractivity contribution is 9.09. The Hall–Kier alpha value is -1.35. The van der Waals surface area contributed by atoms with Gasteiger partial charge in [-0.1, -0.05) is 45.8 Å². The van der Waals surface area contributed by atoms with Crippen molar-refractivity contribution >= 4 is 22.0 Å². The molecule has 16 heavy (non-hydrogen) atoms. The Kier molecular flexibility index (Phi) is 3.57. The molecule has 82 valence electrons. The highest BCUT2D eigenvalue weighted by atomic mass is 79.9. The molecule has 1 aromatic carbocycles. The molecular formula is C13H13BrN2. The SMILES string of the molecule is CC(=Cc1cnn(-c2ccccc2)c1)CBr. The molecule has 1 aromatic heterocycles. The smallest absolute Gasteiger partial charge is 0.0645 e. The number of alkyl halides is 1. The summed E-state index contributed by atoms with van der Waals surface area (Å²) in [6.07, 6.45) is 6.03. The van der Waals surface area contributed by atoms with Gasteiger partial charge in [-0.25, -0.2) is 4.68 Å². The number of para-hydroxylation sites is 1. The van der Waals surface area contributed by atoms with Crippen molar-refractivity contribution in [2.45, 2.75) is 6.92 Å². The van der Waals surface area contributed by atoms with E-state index in [1.54, 1.807) is 0 Å². The lowest BCUT2D eigenvalue weighted by Gasteiger charge is -1.98. The Balaban J connectivity index is 2.27. The molecule has 0 saturated heterocycles. The molecule has 2 aromatic rings. The summed E-state index contributed by atoms with van der Waals surface area (Å²) in [6.45, 7) is 2.09. The highest BCUT2D eigenvalue weighted by Gasteiger charge is 1.98. The minimum Gasteiger partial charge on any atom is -0.240 e. The Morgan fingerprint density at radius 2 is 2.12 bits per heavy atom. The lowest BCUT2D eigenvalue weighted by Crippen LogP contribution is -1.92. The van der Waals surface area contributed by atoms with Gasteiger partial charge in [0.2, 0.25) is 0 Å². The zero-order chi connectivity index (χ0) is 11.4. The molecule has 2 rings (SSSR count). The second kappa shape index (κ2) is 5.12. The summed E-state index contributed by atoms with van der Waals surface area (Å²) in [5.74, 6) is 0. The van der Waals surface area contributed by atoms with Crippen LogP contribution >= 0.6 is 15.9 Å². The summed E-state index contributed by atoms with van der Waals surface area (Å²) in [6, 6.07) is 10.1. The van der Waals surface area contributed by atoms with Crippen LogP contribution in [0.1, 0.15) is 12.5 Å². The molecule has 0 radical (unpaired) electrons. The van der Waals surface area contributed by atoms with E-state index in [1.165, 1.54) is 5.57 Å². The summed E-state index contributed by atoms with van der Waals surface area (Å²) in [5, 5.41) is 5.22. The summed E-state index contributed by atoms with van der Waals surface area (Å²) in [5.41, 5.74) is 3.49. The molecular weight excluding hydrogens is 264 g/mol. The van der Waals surface area contributed by atoms with E-state index in [2.05, 4.69) is 34.0 Å². The number of hydrogen-bond acceptors (Lipinski definition) is 1. The minimum atomic E-state index is 0.892. The molecule has 0 atom stereocenters. The van der Waals surface area contributed by atoms with Crippen LogP contribution in [-0.2, 0) is 0 Å². The monoisotopic (exact) mass is 276 g/mol. The van der Waals surface area contributed by atoms with Gasteiger partial charge in [0.25, 0.3) is 0 Å². The van der Waals surface area contributed by atoms with E-state index >= 15 is 0 Å². The predicted octanol–water partition coefficient (Wildman–Crippen LogP) is 3.67. The zero-order valence-electron chi connectivity index (χ0n) is 9.10. The maximum Gasteiger partial charge on any atom is 0.0645 e. The molecule has 2 nitrogen and oxygen atoms in total. The molecule has 3 heteroatoms. The van der Waals surface area contributed by atoms with Crippen LogP contribution in [0.15, 0.2) is 48.3 Å². The molecule has 0 unspecified atom stereocenters. The van der Waals surface area contributed by atoms with E-state index in [-0.39, 0.29) is 0 Å². The van der Waals surface area contributed by atoms with Gasteiger partial charge < -0.3 is 0 Å². The quantitative estimate of drug-likeness (QED) is 0.783. The van der Waals surface area contributed by atoms with Gasteiger partial charge in [0.05, 0.1) is 11.9 Å². The lowest BCUT2D eigenvalue weighted by molar-refractivity contribution is 0.880. The molecule has 0 bridgehead atoms. The largest absolute Gasteiger partial charge is 0.240 e. The molecule has 0 spiro atoms. The molecule has 0 aliphatic carbocycles. The summed E-state index contributed by atoms with van der Waals surface area (Å²) in [4.78, 5) is 0. The van der Waals surface area contributed by atoms with Crippen LogP contribution in [0.25, 0.3) is 11.8 Å². The van der Waals surface area contributed by atoms with Crippen molar-refractivity contribution in [3.05, 3.63) is 53.9 Å². The van der Waals surface area contributed by atoms with Crippen molar-refractivity contribution in [3.8, 4) is 5.69 Å². The Labute approximate surface area is 104 Å². The van der Waals surface area contributed by atoms with Gasteiger partial charge in [0.1, 0.15) is 0 Å². The van der Waals surface area contributed by atoms with Gasteiger partial charge in [-0.15, -0.1) is 0 Å². The van der Waals surface area contributed by atoms with E-state index in [0.717, 1.165) is 16.6 Å². The normalized spacial score (nSPS) is 11.8. The third kappa shape index (κ3) is 2.61. The first-order valence-electron chi connectivity index (χ1n) is 5.13. The molecule has 0 aliphatic rings. The van der Waals surface area contributed by atoms with Crippen LogP contribution in [0.3, 0.4) is 0 Å². The average molecular weight is 277 g/mol. The molecule has 0 saturated carbocycles. The van der Waals surface area contributed by atoms with Gasteiger partial charge in [0, 0.05) is 17.1 Å². The summed E-state index contributed by atoms with van der Waals surface area (Å²) in [7, 11) is 0. The number of nitrogens with zero attached hydrogens (tertiary/aromatic N) is 2. The number of benzene rings is 1. The molecule has 0 amide bonds. The fraction of sp³-hybridized carbons (Fsp3) is 0.154. The van der Waals surface area contributed by atoms with Crippen molar-refractivity contribution in [2.24, 2.45) is 0 Å². The Bertz CT molecular complexity index is 486. The van der Waals surface area contributed by atoms with Crippen LogP contribution in [-0.4, -0.2) is 15.1 Å². The van der Waals surface area contributed by atoms with Crippen LogP contribution < -0.4 is 0 Å². The number of halogens is 1. The fourth-order valence-electron chi connectivity index (χ4n) is 1.46. The highest BCUT2D eigenvalue weighted by Crippen LogP contribution is 2.11. The van der Waals surface area contributed by atoms with Crippen molar-refractivity contribution in [2.75, 3.05) is 5.33 Å². The third-order valence-corrected chi connectivity index (χ3v) is 3.13.